The first-order valence-corrected chi connectivity index (χ1v) is 8.02. The minimum Gasteiger partial charge on any atom is -0.350 e. The second-order valence-corrected chi connectivity index (χ2v) is 5.86. The average Bonchev–Trinajstić information content (AvgIpc) is 2.67. The Kier molecular flexibility index (Phi) is 5.16. The van der Waals surface area contributed by atoms with E-state index in [4.69, 9.17) is 0 Å². The number of ketones is 1. The second-order valence-electron chi connectivity index (χ2n) is 5.86. The minimum atomic E-state index is -4.51. The molecular formula is C19H15F3N4O. The van der Waals surface area contributed by atoms with Crippen molar-refractivity contribution in [2.75, 3.05) is 5.32 Å². The summed E-state index contributed by atoms with van der Waals surface area (Å²) < 4.78 is 38.4. The van der Waals surface area contributed by atoms with E-state index in [1.54, 1.807) is 6.20 Å². The van der Waals surface area contributed by atoms with Crippen molar-refractivity contribution in [2.45, 2.75) is 19.6 Å². The summed E-state index contributed by atoms with van der Waals surface area (Å²) in [5.74, 6) is -0.272. The average molecular weight is 372 g/mol. The highest BCUT2D eigenvalue weighted by Gasteiger charge is 2.31. The fourth-order valence-corrected chi connectivity index (χ4v) is 2.32. The predicted octanol–water partition coefficient (Wildman–Crippen LogP) is 4.04. The molecule has 3 rings (SSSR count). The fourth-order valence-electron chi connectivity index (χ4n) is 2.32. The maximum absolute atomic E-state index is 12.8. The Labute approximate surface area is 153 Å². The molecule has 0 atom stereocenters. The third kappa shape index (κ3) is 4.66. The molecule has 0 aliphatic rings. The van der Waals surface area contributed by atoms with Gasteiger partial charge in [0.25, 0.3) is 0 Å². The number of nitrogens with zero attached hydrogens (tertiary/aromatic N) is 3. The lowest BCUT2D eigenvalue weighted by Gasteiger charge is -2.08. The molecule has 5 nitrogen and oxygen atoms in total. The highest BCUT2D eigenvalue weighted by Crippen LogP contribution is 2.29. The molecule has 0 amide bonds. The first-order valence-electron chi connectivity index (χ1n) is 8.02. The van der Waals surface area contributed by atoms with Crippen molar-refractivity contribution in [1.82, 2.24) is 15.0 Å². The second kappa shape index (κ2) is 7.53. The van der Waals surface area contributed by atoms with Crippen LogP contribution in [-0.2, 0) is 12.7 Å². The molecule has 2 aromatic heterocycles. The Bertz CT molecular complexity index is 938. The molecule has 0 aliphatic heterocycles. The van der Waals surface area contributed by atoms with Crippen molar-refractivity contribution in [3.05, 3.63) is 82.9 Å². The van der Waals surface area contributed by atoms with Crippen LogP contribution in [0.3, 0.4) is 0 Å². The Hall–Kier alpha value is -3.29. The standard InChI is InChI=1S/C19H15F3N4O/c1-12-5-6-13(8-23-12)9-24-18-25-10-15(11-26-18)17(27)14-3-2-4-16(7-14)19(20,21)22/h2-8,10-11H,9H2,1H3,(H,24,25,26). The molecule has 1 aromatic carbocycles. The summed E-state index contributed by atoms with van der Waals surface area (Å²) in [6.07, 6.45) is -0.212. The number of rotatable bonds is 5. The Morgan fingerprint density at radius 1 is 1.00 bits per heavy atom. The van der Waals surface area contributed by atoms with Crippen molar-refractivity contribution in [3.63, 3.8) is 0 Å². The molecule has 0 radical (unpaired) electrons. The number of carbonyl (C=O) groups is 1. The van der Waals surface area contributed by atoms with Crippen LogP contribution in [-0.4, -0.2) is 20.7 Å². The monoisotopic (exact) mass is 372 g/mol. The van der Waals surface area contributed by atoms with Crippen molar-refractivity contribution in [3.8, 4) is 0 Å². The number of hydrogen-bond acceptors (Lipinski definition) is 5. The zero-order chi connectivity index (χ0) is 19.4. The summed E-state index contributed by atoms with van der Waals surface area (Å²) in [5, 5.41) is 2.99. The number of carbonyl (C=O) groups excluding carboxylic acids is 1. The van der Waals surface area contributed by atoms with Gasteiger partial charge >= 0.3 is 6.18 Å². The number of benzene rings is 1. The van der Waals surface area contributed by atoms with Gasteiger partial charge in [-0.3, -0.25) is 9.78 Å². The van der Waals surface area contributed by atoms with Gasteiger partial charge in [0.2, 0.25) is 5.95 Å². The van der Waals surface area contributed by atoms with E-state index in [1.807, 2.05) is 19.1 Å². The smallest absolute Gasteiger partial charge is 0.350 e. The molecule has 0 fully saturated rings. The predicted molar refractivity (Wildman–Crippen MR) is 93.2 cm³/mol. The van der Waals surface area contributed by atoms with Gasteiger partial charge in [0.05, 0.1) is 11.1 Å². The highest BCUT2D eigenvalue weighted by molar-refractivity contribution is 6.08. The van der Waals surface area contributed by atoms with E-state index < -0.39 is 17.5 Å². The molecule has 0 saturated heterocycles. The van der Waals surface area contributed by atoms with E-state index in [2.05, 4.69) is 20.3 Å². The van der Waals surface area contributed by atoms with Crippen molar-refractivity contribution in [2.24, 2.45) is 0 Å². The maximum Gasteiger partial charge on any atom is 0.416 e. The van der Waals surface area contributed by atoms with Crippen LogP contribution < -0.4 is 5.32 Å². The van der Waals surface area contributed by atoms with Crippen molar-refractivity contribution >= 4 is 11.7 Å². The molecule has 0 bridgehead atoms. The summed E-state index contributed by atoms with van der Waals surface area (Å²) >= 11 is 0. The molecule has 0 aliphatic carbocycles. The summed E-state index contributed by atoms with van der Waals surface area (Å²) in [4.78, 5) is 24.6. The molecule has 3 aromatic rings. The van der Waals surface area contributed by atoms with E-state index in [1.165, 1.54) is 24.5 Å². The van der Waals surface area contributed by atoms with E-state index in [0.29, 0.717) is 12.5 Å². The molecule has 0 saturated carbocycles. The Balaban J connectivity index is 1.69. The van der Waals surface area contributed by atoms with Crippen LogP contribution in [0.5, 0.6) is 0 Å². The van der Waals surface area contributed by atoms with Gasteiger partial charge in [-0.1, -0.05) is 18.2 Å². The van der Waals surface area contributed by atoms with Gasteiger partial charge in [0, 0.05) is 36.4 Å². The van der Waals surface area contributed by atoms with Crippen LogP contribution in [0.4, 0.5) is 19.1 Å². The van der Waals surface area contributed by atoms with Gasteiger partial charge in [-0.05, 0) is 30.7 Å². The van der Waals surface area contributed by atoms with Crippen LogP contribution >= 0.6 is 0 Å². The van der Waals surface area contributed by atoms with E-state index in [-0.39, 0.29) is 11.1 Å². The van der Waals surface area contributed by atoms with Gasteiger partial charge in [-0.15, -0.1) is 0 Å². The third-order valence-electron chi connectivity index (χ3n) is 3.79. The number of nitrogens with one attached hydrogen (secondary N) is 1. The topological polar surface area (TPSA) is 67.8 Å². The largest absolute Gasteiger partial charge is 0.416 e. The lowest BCUT2D eigenvalue weighted by molar-refractivity contribution is -0.137. The van der Waals surface area contributed by atoms with Crippen LogP contribution in [0, 0.1) is 6.92 Å². The molecule has 0 unspecified atom stereocenters. The Morgan fingerprint density at radius 2 is 1.74 bits per heavy atom. The van der Waals surface area contributed by atoms with Crippen LogP contribution in [0.2, 0.25) is 0 Å². The first-order chi connectivity index (χ1) is 12.8. The molecule has 0 spiro atoms. The third-order valence-corrected chi connectivity index (χ3v) is 3.79. The molecule has 1 N–H and O–H groups in total. The quantitative estimate of drug-likeness (QED) is 0.685. The zero-order valence-corrected chi connectivity index (χ0v) is 14.3. The van der Waals surface area contributed by atoms with Crippen molar-refractivity contribution in [1.29, 1.82) is 0 Å². The Morgan fingerprint density at radius 3 is 2.37 bits per heavy atom. The van der Waals surface area contributed by atoms with Crippen LogP contribution in [0.25, 0.3) is 0 Å². The number of hydrogen-bond donors (Lipinski definition) is 1. The summed E-state index contributed by atoms with van der Waals surface area (Å²) in [6.45, 7) is 2.34. The van der Waals surface area contributed by atoms with Gasteiger partial charge in [-0.2, -0.15) is 13.2 Å². The number of anilines is 1. The number of pyridine rings is 1. The normalized spacial score (nSPS) is 11.3. The molecule has 138 valence electrons. The van der Waals surface area contributed by atoms with Gasteiger partial charge in [0.1, 0.15) is 0 Å². The molecular weight excluding hydrogens is 357 g/mol. The maximum atomic E-state index is 12.8. The van der Waals surface area contributed by atoms with Gasteiger partial charge in [0.15, 0.2) is 5.78 Å². The number of aromatic nitrogens is 3. The minimum absolute atomic E-state index is 0.0696. The molecule has 27 heavy (non-hydrogen) atoms. The first kappa shape index (κ1) is 18.5. The lowest BCUT2D eigenvalue weighted by atomic mass is 10.0. The number of aryl methyl sites for hydroxylation is 1. The van der Waals surface area contributed by atoms with E-state index in [9.17, 15) is 18.0 Å². The van der Waals surface area contributed by atoms with E-state index in [0.717, 1.165) is 23.4 Å². The SMILES string of the molecule is Cc1ccc(CNc2ncc(C(=O)c3cccc(C(F)(F)F)c3)cn2)cn1. The molecule has 2 heterocycles. The fraction of sp³-hybridized carbons (Fsp3) is 0.158. The molecule has 8 heteroatoms. The van der Waals surface area contributed by atoms with Crippen molar-refractivity contribution < 1.29 is 18.0 Å². The highest BCUT2D eigenvalue weighted by atomic mass is 19.4. The summed E-state index contributed by atoms with van der Waals surface area (Å²) in [5.41, 5.74) is 1.01. The number of alkyl halides is 3. The number of halogens is 3. The summed E-state index contributed by atoms with van der Waals surface area (Å²) in [6, 6.07) is 8.06. The summed E-state index contributed by atoms with van der Waals surface area (Å²) in [7, 11) is 0. The van der Waals surface area contributed by atoms with Gasteiger partial charge < -0.3 is 5.32 Å². The van der Waals surface area contributed by atoms with Gasteiger partial charge in [-0.25, -0.2) is 9.97 Å². The lowest BCUT2D eigenvalue weighted by Crippen LogP contribution is -2.09. The van der Waals surface area contributed by atoms with Crippen LogP contribution in [0.15, 0.2) is 55.0 Å². The zero-order valence-electron chi connectivity index (χ0n) is 14.3. The van der Waals surface area contributed by atoms with Crippen LogP contribution in [0.1, 0.15) is 32.7 Å². The van der Waals surface area contributed by atoms with E-state index >= 15 is 0 Å².